The average Bonchev–Trinajstić information content (AvgIpc) is 2.82. The Morgan fingerprint density at radius 2 is 1.56 bits per heavy atom. The third-order valence-electron chi connectivity index (χ3n) is 4.33. The van der Waals surface area contributed by atoms with E-state index in [4.69, 9.17) is 19.3 Å². The molecular weight excluding hydrogens is 412 g/mol. The van der Waals surface area contributed by atoms with Crippen LogP contribution in [0.15, 0.2) is 77.9 Å². The van der Waals surface area contributed by atoms with Gasteiger partial charge in [0.05, 0.1) is 18.9 Å². The van der Waals surface area contributed by atoms with Crippen molar-refractivity contribution in [2.75, 3.05) is 13.7 Å². The molecule has 2 N–H and O–H groups in total. The number of hydrazone groups is 1. The molecule has 3 aromatic carbocycles. The summed E-state index contributed by atoms with van der Waals surface area (Å²) in [6.07, 6.45) is 1.48. The molecule has 0 bridgehead atoms. The molecule has 0 saturated heterocycles. The summed E-state index contributed by atoms with van der Waals surface area (Å²) in [6, 6.07) is 20.7. The average molecular weight is 434 g/mol. The number of methoxy groups -OCH3 is 1. The highest BCUT2D eigenvalue weighted by atomic mass is 16.5. The fourth-order valence-corrected chi connectivity index (χ4v) is 2.71. The third kappa shape index (κ3) is 6.33. The number of amides is 1. The summed E-state index contributed by atoms with van der Waals surface area (Å²) in [5, 5.41) is 12.9. The summed E-state index contributed by atoms with van der Waals surface area (Å²) >= 11 is 0. The Labute approximate surface area is 185 Å². The van der Waals surface area contributed by atoms with Gasteiger partial charge in [-0.2, -0.15) is 5.10 Å². The Morgan fingerprint density at radius 1 is 0.906 bits per heavy atom. The number of carbonyl (C=O) groups is 2. The van der Waals surface area contributed by atoms with Gasteiger partial charge in [0.1, 0.15) is 12.4 Å². The van der Waals surface area contributed by atoms with E-state index in [-0.39, 0.29) is 18.8 Å². The van der Waals surface area contributed by atoms with Gasteiger partial charge in [-0.1, -0.05) is 36.4 Å². The molecule has 0 spiro atoms. The first-order valence-corrected chi connectivity index (χ1v) is 9.68. The normalized spacial score (nSPS) is 10.5. The van der Waals surface area contributed by atoms with Crippen LogP contribution >= 0.6 is 0 Å². The van der Waals surface area contributed by atoms with E-state index in [0.717, 1.165) is 5.56 Å². The highest BCUT2D eigenvalue weighted by molar-refractivity contribution is 5.87. The van der Waals surface area contributed by atoms with Crippen LogP contribution in [0.3, 0.4) is 0 Å². The van der Waals surface area contributed by atoms with Crippen LogP contribution in [0.5, 0.6) is 17.2 Å². The Morgan fingerprint density at radius 3 is 2.25 bits per heavy atom. The number of nitrogens with zero attached hydrogens (tertiary/aromatic N) is 1. The molecule has 8 heteroatoms. The molecule has 0 unspecified atom stereocenters. The Balaban J connectivity index is 1.53. The SMILES string of the molecule is COc1ccccc1OCC(=O)N/N=C/c1ccccc1OCc1ccc(C(=O)O)cc1. The summed E-state index contributed by atoms with van der Waals surface area (Å²) in [5.41, 5.74) is 4.11. The van der Waals surface area contributed by atoms with Crippen molar-refractivity contribution in [3.8, 4) is 17.2 Å². The number of hydrogen-bond acceptors (Lipinski definition) is 6. The zero-order chi connectivity index (χ0) is 22.8. The maximum Gasteiger partial charge on any atom is 0.335 e. The van der Waals surface area contributed by atoms with Gasteiger partial charge in [-0.05, 0) is 42.0 Å². The van der Waals surface area contributed by atoms with E-state index in [9.17, 15) is 9.59 Å². The second kappa shape index (κ2) is 11.2. The number of carboxylic acid groups (broad SMARTS) is 1. The number of ether oxygens (including phenoxy) is 3. The van der Waals surface area contributed by atoms with Crippen LogP contribution in [-0.2, 0) is 11.4 Å². The van der Waals surface area contributed by atoms with E-state index in [1.807, 2.05) is 12.1 Å². The number of hydrogen-bond donors (Lipinski definition) is 2. The zero-order valence-electron chi connectivity index (χ0n) is 17.4. The lowest BCUT2D eigenvalue weighted by Gasteiger charge is -2.10. The largest absolute Gasteiger partial charge is 0.493 e. The van der Waals surface area contributed by atoms with Crippen molar-refractivity contribution in [3.05, 3.63) is 89.5 Å². The third-order valence-corrected chi connectivity index (χ3v) is 4.33. The van der Waals surface area contributed by atoms with E-state index in [0.29, 0.717) is 22.8 Å². The summed E-state index contributed by atoms with van der Waals surface area (Å²) in [4.78, 5) is 23.0. The molecule has 0 atom stereocenters. The Kier molecular flexibility index (Phi) is 7.80. The molecule has 3 rings (SSSR count). The van der Waals surface area contributed by atoms with Crippen molar-refractivity contribution in [1.29, 1.82) is 0 Å². The molecule has 164 valence electrons. The van der Waals surface area contributed by atoms with Crippen molar-refractivity contribution in [2.45, 2.75) is 6.61 Å². The maximum atomic E-state index is 12.0. The molecule has 0 aliphatic heterocycles. The minimum atomic E-state index is -0.977. The molecule has 3 aromatic rings. The van der Waals surface area contributed by atoms with Crippen molar-refractivity contribution >= 4 is 18.1 Å². The molecular formula is C24H22N2O6. The van der Waals surface area contributed by atoms with Gasteiger partial charge in [-0.3, -0.25) is 4.79 Å². The molecule has 1 amide bonds. The van der Waals surface area contributed by atoms with E-state index < -0.39 is 11.9 Å². The van der Waals surface area contributed by atoms with Crippen molar-refractivity contribution in [2.24, 2.45) is 5.10 Å². The molecule has 0 aliphatic rings. The van der Waals surface area contributed by atoms with Crippen LogP contribution in [0.1, 0.15) is 21.5 Å². The minimum absolute atomic E-state index is 0.215. The number of aromatic carboxylic acids is 1. The molecule has 0 radical (unpaired) electrons. The second-order valence-electron chi connectivity index (χ2n) is 6.56. The van der Waals surface area contributed by atoms with Crippen LogP contribution in [0.2, 0.25) is 0 Å². The van der Waals surface area contributed by atoms with Gasteiger partial charge >= 0.3 is 5.97 Å². The lowest BCUT2D eigenvalue weighted by Crippen LogP contribution is -2.24. The van der Waals surface area contributed by atoms with Crippen LogP contribution in [0, 0.1) is 0 Å². The van der Waals surface area contributed by atoms with Crippen LogP contribution in [-0.4, -0.2) is 36.9 Å². The first-order chi connectivity index (χ1) is 15.6. The monoisotopic (exact) mass is 434 g/mol. The van der Waals surface area contributed by atoms with Crippen LogP contribution < -0.4 is 19.6 Å². The van der Waals surface area contributed by atoms with Crippen LogP contribution in [0.25, 0.3) is 0 Å². The summed E-state index contributed by atoms with van der Waals surface area (Å²) in [7, 11) is 1.52. The molecule has 32 heavy (non-hydrogen) atoms. The van der Waals surface area contributed by atoms with Gasteiger partial charge in [0.25, 0.3) is 5.91 Å². The number of rotatable bonds is 10. The smallest absolute Gasteiger partial charge is 0.335 e. The molecule has 0 aromatic heterocycles. The predicted octanol–water partition coefficient (Wildman–Crippen LogP) is 3.50. The lowest BCUT2D eigenvalue weighted by molar-refractivity contribution is -0.123. The van der Waals surface area contributed by atoms with E-state index in [1.54, 1.807) is 48.5 Å². The quantitative estimate of drug-likeness (QED) is 0.374. The maximum absolute atomic E-state index is 12.0. The molecule has 0 saturated carbocycles. The number of para-hydroxylation sites is 3. The predicted molar refractivity (Wildman–Crippen MR) is 118 cm³/mol. The van der Waals surface area contributed by atoms with E-state index in [1.165, 1.54) is 25.5 Å². The number of carboxylic acids is 1. The van der Waals surface area contributed by atoms with Gasteiger partial charge < -0.3 is 19.3 Å². The standard InChI is InChI=1S/C24H22N2O6/c1-30-21-8-4-5-9-22(21)32-16-23(27)26-25-14-19-6-2-3-7-20(19)31-15-17-10-12-18(13-11-17)24(28)29/h2-14H,15-16H2,1H3,(H,26,27)(H,28,29)/b25-14+. The first-order valence-electron chi connectivity index (χ1n) is 9.68. The van der Waals surface area contributed by atoms with Gasteiger partial charge in [-0.25, -0.2) is 10.2 Å². The van der Waals surface area contributed by atoms with Gasteiger partial charge in [-0.15, -0.1) is 0 Å². The summed E-state index contributed by atoms with van der Waals surface area (Å²) < 4.78 is 16.5. The first kappa shape index (κ1) is 22.4. The molecule has 0 fully saturated rings. The van der Waals surface area contributed by atoms with Gasteiger partial charge in [0, 0.05) is 5.56 Å². The highest BCUT2D eigenvalue weighted by Gasteiger charge is 2.07. The summed E-state index contributed by atoms with van der Waals surface area (Å²) in [6.45, 7) is 0.0338. The number of carbonyl (C=O) groups excluding carboxylic acids is 1. The van der Waals surface area contributed by atoms with Gasteiger partial charge in [0.2, 0.25) is 0 Å². The zero-order valence-corrected chi connectivity index (χ0v) is 17.4. The molecule has 0 heterocycles. The Hall–Kier alpha value is -4.33. The second-order valence-corrected chi connectivity index (χ2v) is 6.56. The van der Waals surface area contributed by atoms with Crippen molar-refractivity contribution in [3.63, 3.8) is 0 Å². The fourth-order valence-electron chi connectivity index (χ4n) is 2.71. The van der Waals surface area contributed by atoms with Crippen molar-refractivity contribution < 1.29 is 28.9 Å². The van der Waals surface area contributed by atoms with E-state index >= 15 is 0 Å². The fraction of sp³-hybridized carbons (Fsp3) is 0.125. The van der Waals surface area contributed by atoms with Crippen molar-refractivity contribution in [1.82, 2.24) is 5.43 Å². The van der Waals surface area contributed by atoms with Crippen LogP contribution in [0.4, 0.5) is 0 Å². The van der Waals surface area contributed by atoms with Gasteiger partial charge in [0.15, 0.2) is 18.1 Å². The Bertz CT molecular complexity index is 1100. The lowest BCUT2D eigenvalue weighted by atomic mass is 10.1. The molecule has 0 aliphatic carbocycles. The minimum Gasteiger partial charge on any atom is -0.493 e. The number of nitrogens with one attached hydrogen (secondary N) is 1. The number of benzene rings is 3. The summed E-state index contributed by atoms with van der Waals surface area (Å²) in [5.74, 6) is 0.160. The topological polar surface area (TPSA) is 106 Å². The molecule has 8 nitrogen and oxygen atoms in total. The van der Waals surface area contributed by atoms with E-state index in [2.05, 4.69) is 10.5 Å². The highest BCUT2D eigenvalue weighted by Crippen LogP contribution is 2.25.